The summed E-state index contributed by atoms with van der Waals surface area (Å²) in [4.78, 5) is 20.5. The van der Waals surface area contributed by atoms with Crippen molar-refractivity contribution in [3.8, 4) is 22.8 Å². The van der Waals surface area contributed by atoms with Gasteiger partial charge in [-0.2, -0.15) is 0 Å². The molecule has 0 bridgehead atoms. The fourth-order valence-corrected chi connectivity index (χ4v) is 3.98. The molecule has 3 aromatic heterocycles. The molecule has 1 saturated heterocycles. The highest BCUT2D eigenvalue weighted by Crippen LogP contribution is 2.36. The predicted octanol–water partition coefficient (Wildman–Crippen LogP) is 2.87. The van der Waals surface area contributed by atoms with Gasteiger partial charge in [-0.1, -0.05) is 28.9 Å². The summed E-state index contributed by atoms with van der Waals surface area (Å²) in [5.74, 6) is 2.02. The highest BCUT2D eigenvalue weighted by molar-refractivity contribution is 5.59. The lowest BCUT2D eigenvalue weighted by Crippen LogP contribution is -2.25. The second-order valence-corrected chi connectivity index (χ2v) is 7.52. The van der Waals surface area contributed by atoms with E-state index in [1.165, 1.54) is 18.0 Å². The van der Waals surface area contributed by atoms with E-state index in [4.69, 9.17) is 4.52 Å². The summed E-state index contributed by atoms with van der Waals surface area (Å²) < 4.78 is 7.52. The SMILES string of the molecule is Cc1cccc(-c2cc([C@H]3CCCN3c3nnc(-c4cc(=O)[nH]cn4)n3C)no2)c1. The molecule has 0 spiro atoms. The van der Waals surface area contributed by atoms with Crippen LogP contribution >= 0.6 is 0 Å². The van der Waals surface area contributed by atoms with E-state index in [0.717, 1.165) is 42.4 Å². The van der Waals surface area contributed by atoms with Crippen molar-refractivity contribution in [3.05, 3.63) is 64.3 Å². The first-order valence-electron chi connectivity index (χ1n) is 9.85. The van der Waals surface area contributed by atoms with Gasteiger partial charge in [-0.25, -0.2) is 4.98 Å². The van der Waals surface area contributed by atoms with Crippen molar-refractivity contribution in [3.63, 3.8) is 0 Å². The molecule has 1 N–H and O–H groups in total. The first-order chi connectivity index (χ1) is 14.6. The third-order valence-electron chi connectivity index (χ3n) is 5.44. The summed E-state index contributed by atoms with van der Waals surface area (Å²) in [6.45, 7) is 2.90. The van der Waals surface area contributed by atoms with Gasteiger partial charge in [0.25, 0.3) is 5.56 Å². The van der Waals surface area contributed by atoms with Crippen LogP contribution in [0.25, 0.3) is 22.8 Å². The minimum atomic E-state index is -0.227. The Morgan fingerprint density at radius 3 is 2.93 bits per heavy atom. The molecular weight excluding hydrogens is 382 g/mol. The maximum absolute atomic E-state index is 11.6. The molecule has 1 aliphatic rings. The molecule has 1 fully saturated rings. The zero-order valence-electron chi connectivity index (χ0n) is 16.7. The number of anilines is 1. The van der Waals surface area contributed by atoms with Crippen molar-refractivity contribution in [1.29, 1.82) is 0 Å². The molecule has 1 aliphatic heterocycles. The monoisotopic (exact) mass is 403 g/mol. The van der Waals surface area contributed by atoms with Gasteiger partial charge in [0.2, 0.25) is 5.95 Å². The lowest BCUT2D eigenvalue weighted by atomic mass is 10.1. The zero-order valence-corrected chi connectivity index (χ0v) is 16.7. The first-order valence-corrected chi connectivity index (χ1v) is 9.85. The molecule has 1 atom stereocenters. The number of aromatic nitrogens is 6. The normalized spacial score (nSPS) is 16.3. The fraction of sp³-hybridized carbons (Fsp3) is 0.286. The van der Waals surface area contributed by atoms with Crippen molar-refractivity contribution in [2.75, 3.05) is 11.4 Å². The Labute approximate surface area is 172 Å². The number of rotatable bonds is 4. The van der Waals surface area contributed by atoms with Crippen LogP contribution in [0.4, 0.5) is 5.95 Å². The smallest absolute Gasteiger partial charge is 0.251 e. The molecule has 0 radical (unpaired) electrons. The molecule has 9 nitrogen and oxygen atoms in total. The van der Waals surface area contributed by atoms with E-state index < -0.39 is 0 Å². The van der Waals surface area contributed by atoms with Gasteiger partial charge in [-0.05, 0) is 25.8 Å². The lowest BCUT2D eigenvalue weighted by Gasteiger charge is -2.23. The third kappa shape index (κ3) is 3.18. The highest BCUT2D eigenvalue weighted by Gasteiger charge is 2.32. The molecule has 0 unspecified atom stereocenters. The number of hydrogen-bond donors (Lipinski definition) is 1. The summed E-state index contributed by atoms with van der Waals surface area (Å²) in [5, 5.41) is 13.0. The number of H-pyrrole nitrogens is 1. The topological polar surface area (TPSA) is 106 Å². The van der Waals surface area contributed by atoms with Gasteiger partial charge >= 0.3 is 0 Å². The average molecular weight is 403 g/mol. The molecule has 4 heterocycles. The second kappa shape index (κ2) is 7.25. The zero-order chi connectivity index (χ0) is 20.7. The van der Waals surface area contributed by atoms with Crippen LogP contribution in [0.15, 0.2) is 52.0 Å². The molecule has 4 aromatic rings. The number of nitrogens with one attached hydrogen (secondary N) is 1. The number of hydrogen-bond acceptors (Lipinski definition) is 7. The standard InChI is InChI=1S/C21H21N7O2/c1-13-5-3-6-14(9-13)18-10-15(26-30-18)17-7-4-8-28(17)21-25-24-20(27(21)2)16-11-19(29)23-12-22-16/h3,5-6,9-12,17H,4,7-8H2,1-2H3,(H,22,23,29)/t17-/m1/s1. The summed E-state index contributed by atoms with van der Waals surface area (Å²) >= 11 is 0. The largest absolute Gasteiger partial charge is 0.356 e. The van der Waals surface area contributed by atoms with Crippen molar-refractivity contribution < 1.29 is 4.52 Å². The van der Waals surface area contributed by atoms with Crippen LogP contribution in [-0.4, -0.2) is 36.4 Å². The van der Waals surface area contributed by atoms with Crippen LogP contribution in [0.3, 0.4) is 0 Å². The van der Waals surface area contributed by atoms with Crippen molar-refractivity contribution >= 4 is 5.95 Å². The molecule has 152 valence electrons. The molecular formula is C21H21N7O2. The minimum Gasteiger partial charge on any atom is -0.356 e. The van der Waals surface area contributed by atoms with E-state index in [0.29, 0.717) is 11.5 Å². The van der Waals surface area contributed by atoms with Gasteiger partial charge in [0, 0.05) is 31.3 Å². The summed E-state index contributed by atoms with van der Waals surface area (Å²) in [6.07, 6.45) is 3.33. The van der Waals surface area contributed by atoms with Crippen LogP contribution in [0.1, 0.15) is 30.1 Å². The quantitative estimate of drug-likeness (QED) is 0.558. The van der Waals surface area contributed by atoms with Crippen molar-refractivity contribution in [2.45, 2.75) is 25.8 Å². The van der Waals surface area contributed by atoms with Gasteiger partial charge in [0.05, 0.1) is 12.4 Å². The lowest BCUT2D eigenvalue weighted by molar-refractivity contribution is 0.416. The van der Waals surface area contributed by atoms with E-state index >= 15 is 0 Å². The van der Waals surface area contributed by atoms with Crippen LogP contribution < -0.4 is 10.5 Å². The summed E-state index contributed by atoms with van der Waals surface area (Å²) in [5.41, 5.74) is 3.32. The first kappa shape index (κ1) is 18.3. The van der Waals surface area contributed by atoms with Gasteiger partial charge in [0.15, 0.2) is 11.6 Å². The number of aromatic amines is 1. The molecule has 0 aliphatic carbocycles. The van der Waals surface area contributed by atoms with E-state index in [-0.39, 0.29) is 11.6 Å². The Bertz CT molecular complexity index is 1260. The van der Waals surface area contributed by atoms with Crippen LogP contribution in [-0.2, 0) is 7.05 Å². The molecule has 9 heteroatoms. The van der Waals surface area contributed by atoms with Gasteiger partial charge in [0.1, 0.15) is 11.4 Å². The molecule has 1 aromatic carbocycles. The molecule has 0 amide bonds. The predicted molar refractivity (Wildman–Crippen MR) is 111 cm³/mol. The van der Waals surface area contributed by atoms with Gasteiger partial charge in [-0.3, -0.25) is 9.36 Å². The Hall–Kier alpha value is -3.75. The maximum Gasteiger partial charge on any atom is 0.251 e. The average Bonchev–Trinajstić information content (AvgIpc) is 3.47. The molecule has 30 heavy (non-hydrogen) atoms. The molecule has 5 rings (SSSR count). The molecule has 0 saturated carbocycles. The Morgan fingerprint density at radius 1 is 1.20 bits per heavy atom. The number of benzene rings is 1. The van der Waals surface area contributed by atoms with Gasteiger partial charge < -0.3 is 14.4 Å². The van der Waals surface area contributed by atoms with Gasteiger partial charge in [-0.15, -0.1) is 10.2 Å². The second-order valence-electron chi connectivity index (χ2n) is 7.52. The number of nitrogens with zero attached hydrogens (tertiary/aromatic N) is 6. The van der Waals surface area contributed by atoms with E-state index in [1.807, 2.05) is 29.8 Å². The number of aryl methyl sites for hydroxylation is 1. The van der Waals surface area contributed by atoms with Crippen LogP contribution in [0, 0.1) is 6.92 Å². The fourth-order valence-electron chi connectivity index (χ4n) is 3.98. The summed E-state index contributed by atoms with van der Waals surface area (Å²) in [6, 6.07) is 11.6. The van der Waals surface area contributed by atoms with Crippen molar-refractivity contribution in [2.24, 2.45) is 7.05 Å². The summed E-state index contributed by atoms with van der Waals surface area (Å²) in [7, 11) is 1.88. The Balaban J connectivity index is 1.46. The minimum absolute atomic E-state index is 0.0511. The highest BCUT2D eigenvalue weighted by atomic mass is 16.5. The third-order valence-corrected chi connectivity index (χ3v) is 5.44. The van der Waals surface area contributed by atoms with E-state index in [1.54, 1.807) is 0 Å². The maximum atomic E-state index is 11.6. The van der Waals surface area contributed by atoms with Crippen LogP contribution in [0.5, 0.6) is 0 Å². The van der Waals surface area contributed by atoms with E-state index in [9.17, 15) is 4.79 Å². The Morgan fingerprint density at radius 2 is 2.10 bits per heavy atom. The van der Waals surface area contributed by atoms with Crippen LogP contribution in [0.2, 0.25) is 0 Å². The van der Waals surface area contributed by atoms with E-state index in [2.05, 4.69) is 49.3 Å². The Kier molecular flexibility index (Phi) is 4.42. The van der Waals surface area contributed by atoms with Crippen molar-refractivity contribution in [1.82, 2.24) is 29.9 Å².